The Bertz CT molecular complexity index is 1260. The molecule has 1 heterocycles. The van der Waals surface area contributed by atoms with Crippen LogP contribution in [0.2, 0.25) is 0 Å². The van der Waals surface area contributed by atoms with Gasteiger partial charge in [0.1, 0.15) is 25.5 Å². The maximum absolute atomic E-state index is 13.5. The van der Waals surface area contributed by atoms with E-state index in [4.69, 9.17) is 14.2 Å². The van der Waals surface area contributed by atoms with E-state index in [2.05, 4.69) is 5.32 Å². The van der Waals surface area contributed by atoms with Crippen LogP contribution in [0.1, 0.15) is 12.5 Å². The number of rotatable bonds is 8. The summed E-state index contributed by atoms with van der Waals surface area (Å²) in [4.78, 5) is 13.0. The van der Waals surface area contributed by atoms with Gasteiger partial charge in [0.15, 0.2) is 11.5 Å². The van der Waals surface area contributed by atoms with E-state index >= 15 is 0 Å². The van der Waals surface area contributed by atoms with Crippen LogP contribution in [0.5, 0.6) is 17.2 Å². The van der Waals surface area contributed by atoms with E-state index in [1.807, 2.05) is 13.8 Å². The number of aryl methyl sites for hydroxylation is 1. The van der Waals surface area contributed by atoms with Gasteiger partial charge in [-0.25, -0.2) is 8.42 Å². The standard InChI is InChI=1S/C25H26N2O6S/c1-3-31-21-9-11-22(12-10-21)34(29,30)27(20-7-4-18(2)5-8-20)17-25(28)26-19-6-13-23-24(16-19)33-15-14-32-23/h4-13,16H,3,14-15,17H2,1-2H3,(H,26,28). The minimum absolute atomic E-state index is 0.0589. The fourth-order valence-corrected chi connectivity index (χ4v) is 4.90. The molecular weight excluding hydrogens is 456 g/mol. The summed E-state index contributed by atoms with van der Waals surface area (Å²) in [6.45, 7) is 4.71. The summed E-state index contributed by atoms with van der Waals surface area (Å²) in [6.07, 6.45) is 0. The number of hydrogen-bond acceptors (Lipinski definition) is 6. The molecule has 0 aromatic heterocycles. The summed E-state index contributed by atoms with van der Waals surface area (Å²) in [7, 11) is -4.03. The Morgan fingerprint density at radius 2 is 1.65 bits per heavy atom. The third-order valence-corrected chi connectivity index (χ3v) is 6.95. The van der Waals surface area contributed by atoms with Crippen LogP contribution in [0.25, 0.3) is 0 Å². The molecule has 3 aromatic carbocycles. The van der Waals surface area contributed by atoms with Crippen molar-refractivity contribution >= 4 is 27.3 Å². The number of nitrogens with one attached hydrogen (secondary N) is 1. The lowest BCUT2D eigenvalue weighted by Crippen LogP contribution is -2.38. The van der Waals surface area contributed by atoms with Gasteiger partial charge in [0.05, 0.1) is 17.2 Å². The van der Waals surface area contributed by atoms with Gasteiger partial charge in [0, 0.05) is 11.8 Å². The average Bonchev–Trinajstić information content (AvgIpc) is 2.84. The quantitative estimate of drug-likeness (QED) is 0.522. The molecule has 34 heavy (non-hydrogen) atoms. The number of benzene rings is 3. The smallest absolute Gasteiger partial charge is 0.264 e. The van der Waals surface area contributed by atoms with Crippen molar-refractivity contribution in [2.75, 3.05) is 36.0 Å². The Balaban J connectivity index is 1.59. The van der Waals surface area contributed by atoms with Crippen molar-refractivity contribution in [3.8, 4) is 17.2 Å². The lowest BCUT2D eigenvalue weighted by atomic mass is 10.2. The predicted octanol–water partition coefficient (Wildman–Crippen LogP) is 4.00. The summed E-state index contributed by atoms with van der Waals surface area (Å²) >= 11 is 0. The van der Waals surface area contributed by atoms with Gasteiger partial charge >= 0.3 is 0 Å². The van der Waals surface area contributed by atoms with Crippen molar-refractivity contribution in [2.24, 2.45) is 0 Å². The molecule has 0 fully saturated rings. The second-order valence-electron chi connectivity index (χ2n) is 7.66. The van der Waals surface area contributed by atoms with Crippen LogP contribution < -0.4 is 23.8 Å². The topological polar surface area (TPSA) is 94.2 Å². The van der Waals surface area contributed by atoms with Gasteiger partial charge in [-0.1, -0.05) is 17.7 Å². The first-order valence-corrected chi connectivity index (χ1v) is 12.3. The van der Waals surface area contributed by atoms with E-state index in [1.165, 1.54) is 12.1 Å². The lowest BCUT2D eigenvalue weighted by molar-refractivity contribution is -0.114. The fourth-order valence-electron chi connectivity index (χ4n) is 3.48. The minimum atomic E-state index is -4.03. The molecule has 0 unspecified atom stereocenters. The van der Waals surface area contributed by atoms with Crippen molar-refractivity contribution in [3.05, 3.63) is 72.3 Å². The number of sulfonamides is 1. The third-order valence-electron chi connectivity index (χ3n) is 5.16. The number of hydrogen-bond donors (Lipinski definition) is 1. The summed E-state index contributed by atoms with van der Waals surface area (Å²) in [5.41, 5.74) is 1.84. The highest BCUT2D eigenvalue weighted by Crippen LogP contribution is 2.33. The molecule has 0 aliphatic carbocycles. The van der Waals surface area contributed by atoms with Gasteiger partial charge in [-0.3, -0.25) is 9.10 Å². The SMILES string of the molecule is CCOc1ccc(S(=O)(=O)N(CC(=O)Nc2ccc3c(c2)OCCO3)c2ccc(C)cc2)cc1. The molecule has 0 bridgehead atoms. The van der Waals surface area contributed by atoms with Crippen molar-refractivity contribution in [1.29, 1.82) is 0 Å². The predicted molar refractivity (Wildman–Crippen MR) is 129 cm³/mol. The number of carbonyl (C=O) groups excluding carboxylic acids is 1. The number of fused-ring (bicyclic) bond motifs is 1. The molecule has 0 atom stereocenters. The summed E-state index contributed by atoms with van der Waals surface area (Å²) < 4.78 is 44.6. The van der Waals surface area contributed by atoms with Crippen molar-refractivity contribution in [1.82, 2.24) is 0 Å². The van der Waals surface area contributed by atoms with Crippen LogP contribution in [0.4, 0.5) is 11.4 Å². The molecule has 1 aliphatic rings. The molecule has 178 valence electrons. The Morgan fingerprint density at radius 3 is 2.32 bits per heavy atom. The van der Waals surface area contributed by atoms with Crippen molar-refractivity contribution in [3.63, 3.8) is 0 Å². The first-order chi connectivity index (χ1) is 16.4. The van der Waals surface area contributed by atoms with Crippen molar-refractivity contribution < 1.29 is 27.4 Å². The van der Waals surface area contributed by atoms with E-state index in [1.54, 1.807) is 54.6 Å². The van der Waals surface area contributed by atoms with E-state index in [-0.39, 0.29) is 4.90 Å². The zero-order valence-electron chi connectivity index (χ0n) is 19.0. The largest absolute Gasteiger partial charge is 0.494 e. The molecule has 0 spiro atoms. The lowest BCUT2D eigenvalue weighted by Gasteiger charge is -2.24. The third kappa shape index (κ3) is 5.26. The highest BCUT2D eigenvalue weighted by Gasteiger charge is 2.27. The maximum atomic E-state index is 13.5. The van der Waals surface area contributed by atoms with E-state index in [0.717, 1.165) is 9.87 Å². The Hall–Kier alpha value is -3.72. The number of nitrogens with zero attached hydrogens (tertiary/aromatic N) is 1. The zero-order chi connectivity index (χ0) is 24.1. The first-order valence-electron chi connectivity index (χ1n) is 10.9. The van der Waals surface area contributed by atoms with Gasteiger partial charge in [0.2, 0.25) is 5.91 Å². The van der Waals surface area contributed by atoms with Crippen LogP contribution in [0.3, 0.4) is 0 Å². The molecule has 0 saturated carbocycles. The first kappa shape index (κ1) is 23.4. The second-order valence-corrected chi connectivity index (χ2v) is 9.52. The number of anilines is 2. The molecule has 0 radical (unpaired) electrons. The normalized spacial score (nSPS) is 12.6. The Labute approximate surface area is 199 Å². The molecule has 4 rings (SSSR count). The average molecular weight is 483 g/mol. The molecule has 8 nitrogen and oxygen atoms in total. The summed E-state index contributed by atoms with van der Waals surface area (Å²) in [5, 5.41) is 2.75. The molecule has 1 N–H and O–H groups in total. The van der Waals surface area contributed by atoms with Crippen LogP contribution in [0, 0.1) is 6.92 Å². The van der Waals surface area contributed by atoms with Gasteiger partial charge in [-0.15, -0.1) is 0 Å². The molecule has 3 aromatic rings. The highest BCUT2D eigenvalue weighted by atomic mass is 32.2. The minimum Gasteiger partial charge on any atom is -0.494 e. The molecule has 9 heteroatoms. The molecule has 1 aliphatic heterocycles. The fraction of sp³-hybridized carbons (Fsp3) is 0.240. The number of ether oxygens (including phenoxy) is 3. The van der Waals surface area contributed by atoms with E-state index in [9.17, 15) is 13.2 Å². The maximum Gasteiger partial charge on any atom is 0.264 e. The van der Waals surface area contributed by atoms with E-state index in [0.29, 0.717) is 48.4 Å². The summed E-state index contributed by atoms with van der Waals surface area (Å²) in [6, 6.07) is 18.1. The number of carbonyl (C=O) groups is 1. The summed E-state index contributed by atoms with van der Waals surface area (Å²) in [5.74, 6) is 1.21. The zero-order valence-corrected chi connectivity index (χ0v) is 19.8. The molecule has 1 amide bonds. The Kier molecular flexibility index (Phi) is 6.93. The monoisotopic (exact) mass is 482 g/mol. The van der Waals surface area contributed by atoms with Crippen LogP contribution >= 0.6 is 0 Å². The number of amides is 1. The molecular formula is C25H26N2O6S. The molecule has 0 saturated heterocycles. The Morgan fingerprint density at radius 1 is 0.971 bits per heavy atom. The van der Waals surface area contributed by atoms with Gasteiger partial charge in [0.25, 0.3) is 10.0 Å². The van der Waals surface area contributed by atoms with Gasteiger partial charge in [-0.2, -0.15) is 0 Å². The van der Waals surface area contributed by atoms with Crippen LogP contribution in [-0.4, -0.2) is 40.7 Å². The van der Waals surface area contributed by atoms with E-state index < -0.39 is 22.5 Å². The van der Waals surface area contributed by atoms with Gasteiger partial charge in [-0.05, 0) is 62.4 Å². The van der Waals surface area contributed by atoms with Crippen LogP contribution in [0.15, 0.2) is 71.6 Å². The van der Waals surface area contributed by atoms with Crippen LogP contribution in [-0.2, 0) is 14.8 Å². The highest BCUT2D eigenvalue weighted by molar-refractivity contribution is 7.92. The van der Waals surface area contributed by atoms with Crippen molar-refractivity contribution in [2.45, 2.75) is 18.7 Å². The van der Waals surface area contributed by atoms with Gasteiger partial charge < -0.3 is 19.5 Å². The second kappa shape index (κ2) is 10.0.